The van der Waals surface area contributed by atoms with E-state index in [2.05, 4.69) is 43.1 Å². The van der Waals surface area contributed by atoms with E-state index in [0.717, 1.165) is 56.6 Å². The summed E-state index contributed by atoms with van der Waals surface area (Å²) >= 11 is 0. The summed E-state index contributed by atoms with van der Waals surface area (Å²) in [6, 6.07) is 4.75. The van der Waals surface area contributed by atoms with Gasteiger partial charge in [0.2, 0.25) is 0 Å². The number of methoxy groups -OCH3 is 1. The van der Waals surface area contributed by atoms with Gasteiger partial charge in [-0.3, -0.25) is 9.78 Å². The summed E-state index contributed by atoms with van der Waals surface area (Å²) in [4.78, 5) is 20.2. The third kappa shape index (κ3) is 6.00. The molecule has 0 radical (unpaired) electrons. The molecule has 2 atom stereocenters. The second kappa shape index (κ2) is 10.5. The minimum Gasteiger partial charge on any atom is -0.385 e. The predicted octanol–water partition coefficient (Wildman–Crippen LogP) is 3.21. The van der Waals surface area contributed by atoms with Crippen LogP contribution in [0.4, 0.5) is 0 Å². The van der Waals surface area contributed by atoms with E-state index in [9.17, 15) is 4.79 Å². The van der Waals surface area contributed by atoms with Gasteiger partial charge < -0.3 is 19.7 Å². The minimum absolute atomic E-state index is 0.0266. The molecule has 1 N–H and O–H groups in total. The van der Waals surface area contributed by atoms with Gasteiger partial charge in [0, 0.05) is 44.2 Å². The number of morpholine rings is 1. The second-order valence-corrected chi connectivity index (χ2v) is 8.64. The first kappa shape index (κ1) is 22.2. The van der Waals surface area contributed by atoms with Crippen molar-refractivity contribution in [1.82, 2.24) is 15.2 Å². The number of rotatable bonds is 10. The number of amides is 1. The lowest BCUT2D eigenvalue weighted by Crippen LogP contribution is -2.50. The van der Waals surface area contributed by atoms with Crippen molar-refractivity contribution >= 4 is 5.91 Å². The fourth-order valence-electron chi connectivity index (χ4n) is 3.94. The van der Waals surface area contributed by atoms with Gasteiger partial charge in [0.25, 0.3) is 5.91 Å². The fraction of sp³-hybridized carbons (Fsp3) is 0.739. The highest BCUT2D eigenvalue weighted by molar-refractivity contribution is 5.82. The smallest absolute Gasteiger partial charge is 0.253 e. The molecule has 1 aromatic heterocycles. The van der Waals surface area contributed by atoms with Crippen LogP contribution in [0.1, 0.15) is 75.4 Å². The van der Waals surface area contributed by atoms with E-state index in [-0.39, 0.29) is 18.1 Å². The monoisotopic (exact) mass is 403 g/mol. The highest BCUT2D eigenvalue weighted by Gasteiger charge is 2.40. The Kier molecular flexibility index (Phi) is 8.04. The summed E-state index contributed by atoms with van der Waals surface area (Å²) in [6.07, 6.45) is 4.84. The van der Waals surface area contributed by atoms with Gasteiger partial charge in [-0.25, -0.2) is 0 Å². The lowest BCUT2D eigenvalue weighted by molar-refractivity contribution is -0.148. The van der Waals surface area contributed by atoms with E-state index in [0.29, 0.717) is 25.1 Å². The van der Waals surface area contributed by atoms with Crippen molar-refractivity contribution in [2.45, 2.75) is 77.0 Å². The van der Waals surface area contributed by atoms with E-state index in [1.807, 2.05) is 0 Å². The van der Waals surface area contributed by atoms with E-state index < -0.39 is 0 Å². The van der Waals surface area contributed by atoms with Crippen molar-refractivity contribution in [2.75, 3.05) is 33.4 Å². The molecule has 1 saturated heterocycles. The number of carbonyl (C=O) groups is 1. The van der Waals surface area contributed by atoms with Gasteiger partial charge in [0.1, 0.15) is 6.10 Å². The van der Waals surface area contributed by atoms with Crippen LogP contribution in [-0.4, -0.2) is 61.3 Å². The molecule has 3 rings (SSSR count). The van der Waals surface area contributed by atoms with Crippen LogP contribution in [-0.2, 0) is 20.7 Å². The third-order valence-corrected chi connectivity index (χ3v) is 5.84. The number of nitrogens with one attached hydrogen (secondary N) is 1. The van der Waals surface area contributed by atoms with E-state index in [1.165, 1.54) is 5.56 Å². The molecular formula is C23H37N3O3. The predicted molar refractivity (Wildman–Crippen MR) is 114 cm³/mol. The maximum Gasteiger partial charge on any atom is 0.253 e. The van der Waals surface area contributed by atoms with Crippen molar-refractivity contribution in [3.05, 3.63) is 29.1 Å². The van der Waals surface area contributed by atoms with Crippen molar-refractivity contribution in [3.63, 3.8) is 0 Å². The molecule has 162 valence electrons. The van der Waals surface area contributed by atoms with Crippen molar-refractivity contribution < 1.29 is 14.3 Å². The largest absolute Gasteiger partial charge is 0.385 e. The molecule has 6 nitrogen and oxygen atoms in total. The lowest BCUT2D eigenvalue weighted by atomic mass is 9.99. The zero-order valence-electron chi connectivity index (χ0n) is 18.4. The van der Waals surface area contributed by atoms with Crippen LogP contribution < -0.4 is 5.32 Å². The van der Waals surface area contributed by atoms with Gasteiger partial charge in [-0.15, -0.1) is 0 Å². The first-order valence-electron chi connectivity index (χ1n) is 11.2. The number of nitrogens with zero attached hydrogens (tertiary/aromatic N) is 2. The zero-order valence-corrected chi connectivity index (χ0v) is 18.4. The number of carbonyl (C=O) groups excluding carboxylic acids is 1. The molecule has 1 amide bonds. The molecule has 1 aliphatic carbocycles. The number of aryl methyl sites for hydroxylation is 1. The van der Waals surface area contributed by atoms with Crippen LogP contribution in [0.3, 0.4) is 0 Å². The van der Waals surface area contributed by atoms with E-state index in [4.69, 9.17) is 14.5 Å². The molecular weight excluding hydrogens is 366 g/mol. The summed E-state index contributed by atoms with van der Waals surface area (Å²) < 4.78 is 10.9. The highest BCUT2D eigenvalue weighted by Crippen LogP contribution is 2.36. The summed E-state index contributed by atoms with van der Waals surface area (Å²) in [6.45, 7) is 9.31. The van der Waals surface area contributed by atoms with Gasteiger partial charge in [-0.1, -0.05) is 13.8 Å². The highest BCUT2D eigenvalue weighted by atomic mass is 16.5. The topological polar surface area (TPSA) is 63.7 Å². The fourth-order valence-corrected chi connectivity index (χ4v) is 3.94. The van der Waals surface area contributed by atoms with Gasteiger partial charge in [-0.2, -0.15) is 0 Å². The van der Waals surface area contributed by atoms with Gasteiger partial charge in [-0.05, 0) is 62.6 Å². The molecule has 0 aromatic carbocycles. The van der Waals surface area contributed by atoms with Crippen LogP contribution in [0.2, 0.25) is 0 Å². The Bertz CT molecular complexity index is 669. The molecule has 1 aromatic rings. The first-order chi connectivity index (χ1) is 14.0. The van der Waals surface area contributed by atoms with E-state index in [1.54, 1.807) is 7.11 Å². The molecule has 1 aliphatic heterocycles. The Morgan fingerprint density at radius 3 is 2.72 bits per heavy atom. The van der Waals surface area contributed by atoms with Crippen LogP contribution >= 0.6 is 0 Å². The maximum absolute atomic E-state index is 13.3. The van der Waals surface area contributed by atoms with Crippen LogP contribution in [0.15, 0.2) is 12.1 Å². The minimum atomic E-state index is -0.369. The Morgan fingerprint density at radius 1 is 1.31 bits per heavy atom. The SMILES string of the molecule is COCCCCc1cc([C@@H](C)N(C(=O)[C@H]2CNCCO2)C2CC2)cc(C(C)C)n1. The average Bonchev–Trinajstić information content (AvgIpc) is 3.56. The summed E-state index contributed by atoms with van der Waals surface area (Å²) in [5.41, 5.74) is 3.41. The van der Waals surface area contributed by atoms with Crippen LogP contribution in [0.25, 0.3) is 0 Å². The lowest BCUT2D eigenvalue weighted by Gasteiger charge is -2.34. The van der Waals surface area contributed by atoms with E-state index >= 15 is 0 Å². The molecule has 29 heavy (non-hydrogen) atoms. The van der Waals surface area contributed by atoms with Gasteiger partial charge >= 0.3 is 0 Å². The molecule has 0 unspecified atom stereocenters. The van der Waals surface area contributed by atoms with Crippen molar-refractivity contribution in [1.29, 1.82) is 0 Å². The third-order valence-electron chi connectivity index (χ3n) is 5.84. The number of hydrogen-bond donors (Lipinski definition) is 1. The zero-order chi connectivity index (χ0) is 20.8. The molecule has 0 bridgehead atoms. The molecule has 2 heterocycles. The maximum atomic E-state index is 13.3. The standard InChI is InChI=1S/C23H37N3O3/c1-16(2)21-14-18(13-19(25-21)7-5-6-11-28-4)17(3)26(20-8-9-20)23(27)22-15-24-10-12-29-22/h13-14,16-17,20,22,24H,5-12,15H2,1-4H3/t17-,22-/m1/s1. The molecule has 0 spiro atoms. The summed E-state index contributed by atoms with van der Waals surface area (Å²) in [5, 5.41) is 3.28. The van der Waals surface area contributed by atoms with Crippen molar-refractivity contribution in [3.8, 4) is 0 Å². The average molecular weight is 404 g/mol. The molecule has 6 heteroatoms. The number of unbranched alkanes of at least 4 members (excludes halogenated alkanes) is 1. The van der Waals surface area contributed by atoms with Gasteiger partial charge in [0.05, 0.1) is 12.6 Å². The van der Waals surface area contributed by atoms with Crippen LogP contribution in [0, 0.1) is 0 Å². The molecule has 2 fully saturated rings. The number of pyridine rings is 1. The second-order valence-electron chi connectivity index (χ2n) is 8.64. The number of ether oxygens (including phenoxy) is 2. The number of aromatic nitrogens is 1. The van der Waals surface area contributed by atoms with Gasteiger partial charge in [0.15, 0.2) is 0 Å². The Morgan fingerprint density at radius 2 is 2.10 bits per heavy atom. The number of hydrogen-bond acceptors (Lipinski definition) is 5. The Labute approximate surface area is 175 Å². The normalized spacial score (nSPS) is 20.7. The Balaban J connectivity index is 1.79. The summed E-state index contributed by atoms with van der Waals surface area (Å²) in [7, 11) is 1.74. The summed E-state index contributed by atoms with van der Waals surface area (Å²) in [5.74, 6) is 0.479. The quantitative estimate of drug-likeness (QED) is 0.608. The van der Waals surface area contributed by atoms with Crippen molar-refractivity contribution in [2.24, 2.45) is 0 Å². The molecule has 2 aliphatic rings. The Hall–Kier alpha value is -1.50. The first-order valence-corrected chi connectivity index (χ1v) is 11.2. The molecule has 1 saturated carbocycles. The van der Waals surface area contributed by atoms with Crippen LogP contribution in [0.5, 0.6) is 0 Å².